The van der Waals surface area contributed by atoms with Gasteiger partial charge < -0.3 is 10.6 Å². The molecule has 5 heteroatoms. The molecule has 0 atom stereocenters. The first-order valence-electron chi connectivity index (χ1n) is 9.75. The fourth-order valence-corrected chi connectivity index (χ4v) is 3.17. The quantitative estimate of drug-likeness (QED) is 0.476. The molecule has 2 heterocycles. The van der Waals surface area contributed by atoms with E-state index in [1.807, 2.05) is 79.7 Å². The molecule has 0 saturated carbocycles. The lowest BCUT2D eigenvalue weighted by Gasteiger charge is -2.11. The Kier molecular flexibility index (Phi) is 5.80. The van der Waals surface area contributed by atoms with Crippen molar-refractivity contribution in [1.29, 1.82) is 0 Å². The van der Waals surface area contributed by atoms with Gasteiger partial charge in [-0.15, -0.1) is 0 Å². The first-order valence-corrected chi connectivity index (χ1v) is 9.75. The number of para-hydroxylation sites is 1. The molecular formula is C25H22N4O. The van der Waals surface area contributed by atoms with E-state index >= 15 is 0 Å². The number of benzene rings is 2. The van der Waals surface area contributed by atoms with Gasteiger partial charge in [0.15, 0.2) is 0 Å². The molecule has 0 saturated heterocycles. The van der Waals surface area contributed by atoms with Crippen LogP contribution in [0, 0.1) is 6.92 Å². The normalized spacial score (nSPS) is 10.4. The van der Waals surface area contributed by atoms with Gasteiger partial charge in [-0.3, -0.25) is 9.78 Å². The van der Waals surface area contributed by atoms with E-state index in [4.69, 9.17) is 0 Å². The number of amides is 1. The molecule has 0 unspecified atom stereocenters. The van der Waals surface area contributed by atoms with Crippen LogP contribution in [-0.2, 0) is 6.54 Å². The largest absolute Gasteiger partial charge is 0.348 e. The standard InChI is InChI=1S/C25H22N4O/c1-18-9-10-20(14-23(18)25(30)28-17-19-6-5-12-26-16-19)21-11-13-27-24(15-21)29-22-7-3-2-4-8-22/h2-16H,17H2,1H3,(H,27,29)(H,28,30). The van der Waals surface area contributed by atoms with E-state index in [0.717, 1.165) is 33.8 Å². The van der Waals surface area contributed by atoms with Crippen LogP contribution < -0.4 is 10.6 Å². The summed E-state index contributed by atoms with van der Waals surface area (Å²) in [6.45, 7) is 2.38. The summed E-state index contributed by atoms with van der Waals surface area (Å²) in [6.07, 6.45) is 5.24. The van der Waals surface area contributed by atoms with Gasteiger partial charge in [0.05, 0.1) is 0 Å². The fourth-order valence-electron chi connectivity index (χ4n) is 3.17. The maximum Gasteiger partial charge on any atom is 0.251 e. The van der Waals surface area contributed by atoms with Crippen LogP contribution in [0.1, 0.15) is 21.5 Å². The lowest BCUT2D eigenvalue weighted by Crippen LogP contribution is -2.23. The molecule has 0 spiro atoms. The molecule has 1 amide bonds. The van der Waals surface area contributed by atoms with Crippen LogP contribution in [0.25, 0.3) is 11.1 Å². The molecule has 4 rings (SSSR count). The van der Waals surface area contributed by atoms with Crippen LogP contribution in [0.2, 0.25) is 0 Å². The average Bonchev–Trinajstić information content (AvgIpc) is 2.79. The fraction of sp³-hybridized carbons (Fsp3) is 0.0800. The minimum atomic E-state index is -0.102. The highest BCUT2D eigenvalue weighted by atomic mass is 16.1. The summed E-state index contributed by atoms with van der Waals surface area (Å²) in [7, 11) is 0. The molecular weight excluding hydrogens is 372 g/mol. The Morgan fingerprint density at radius 1 is 0.900 bits per heavy atom. The Bertz CT molecular complexity index is 1140. The van der Waals surface area contributed by atoms with E-state index in [-0.39, 0.29) is 5.91 Å². The van der Waals surface area contributed by atoms with Gasteiger partial charge in [-0.2, -0.15) is 0 Å². The van der Waals surface area contributed by atoms with Crippen LogP contribution >= 0.6 is 0 Å². The number of aryl methyl sites for hydroxylation is 1. The number of aromatic nitrogens is 2. The number of rotatable bonds is 6. The number of hydrogen-bond acceptors (Lipinski definition) is 4. The highest BCUT2D eigenvalue weighted by molar-refractivity contribution is 5.97. The Morgan fingerprint density at radius 2 is 1.73 bits per heavy atom. The van der Waals surface area contributed by atoms with Crippen molar-refractivity contribution >= 4 is 17.4 Å². The summed E-state index contributed by atoms with van der Waals surface area (Å²) in [6, 6.07) is 23.5. The predicted octanol–water partition coefficient (Wildman–Crippen LogP) is 5.13. The molecule has 2 aromatic carbocycles. The predicted molar refractivity (Wildman–Crippen MR) is 120 cm³/mol. The second kappa shape index (κ2) is 9.01. The molecule has 2 aromatic heterocycles. The van der Waals surface area contributed by atoms with E-state index < -0.39 is 0 Å². The topological polar surface area (TPSA) is 66.9 Å². The lowest BCUT2D eigenvalue weighted by molar-refractivity contribution is 0.0950. The molecule has 5 nitrogen and oxygen atoms in total. The maximum atomic E-state index is 12.8. The van der Waals surface area contributed by atoms with Gasteiger partial charge in [0.1, 0.15) is 5.82 Å². The number of nitrogens with one attached hydrogen (secondary N) is 2. The van der Waals surface area contributed by atoms with Gasteiger partial charge in [0, 0.05) is 36.4 Å². The summed E-state index contributed by atoms with van der Waals surface area (Å²) >= 11 is 0. The van der Waals surface area contributed by atoms with Gasteiger partial charge in [-0.1, -0.05) is 36.4 Å². The second-order valence-electron chi connectivity index (χ2n) is 6.99. The third-order valence-electron chi connectivity index (χ3n) is 4.80. The van der Waals surface area contributed by atoms with Crippen molar-refractivity contribution in [3.63, 3.8) is 0 Å². The monoisotopic (exact) mass is 394 g/mol. The van der Waals surface area contributed by atoms with Gasteiger partial charge in [-0.25, -0.2) is 4.98 Å². The van der Waals surface area contributed by atoms with Crippen molar-refractivity contribution in [2.75, 3.05) is 5.32 Å². The van der Waals surface area contributed by atoms with Crippen LogP contribution in [-0.4, -0.2) is 15.9 Å². The van der Waals surface area contributed by atoms with Crippen molar-refractivity contribution in [3.05, 3.63) is 108 Å². The van der Waals surface area contributed by atoms with Crippen molar-refractivity contribution in [1.82, 2.24) is 15.3 Å². The number of hydrogen-bond donors (Lipinski definition) is 2. The summed E-state index contributed by atoms with van der Waals surface area (Å²) in [5, 5.41) is 6.28. The molecule has 30 heavy (non-hydrogen) atoms. The van der Waals surface area contributed by atoms with E-state index in [1.165, 1.54) is 0 Å². The molecule has 0 bridgehead atoms. The van der Waals surface area contributed by atoms with E-state index in [2.05, 4.69) is 20.6 Å². The van der Waals surface area contributed by atoms with E-state index in [0.29, 0.717) is 12.1 Å². The van der Waals surface area contributed by atoms with Crippen LogP contribution in [0.15, 0.2) is 91.4 Å². The zero-order chi connectivity index (χ0) is 20.8. The first kappa shape index (κ1) is 19.3. The third-order valence-corrected chi connectivity index (χ3v) is 4.80. The Balaban J connectivity index is 1.54. The highest BCUT2D eigenvalue weighted by Crippen LogP contribution is 2.25. The van der Waals surface area contributed by atoms with E-state index in [9.17, 15) is 4.79 Å². The highest BCUT2D eigenvalue weighted by Gasteiger charge is 2.11. The number of carbonyl (C=O) groups excluding carboxylic acids is 1. The van der Waals surface area contributed by atoms with Crippen molar-refractivity contribution in [3.8, 4) is 11.1 Å². The van der Waals surface area contributed by atoms with Crippen LogP contribution in [0.3, 0.4) is 0 Å². The molecule has 0 aliphatic rings. The van der Waals surface area contributed by atoms with Crippen LogP contribution in [0.4, 0.5) is 11.5 Å². The molecule has 148 valence electrons. The van der Waals surface area contributed by atoms with Crippen molar-refractivity contribution in [2.24, 2.45) is 0 Å². The summed E-state index contributed by atoms with van der Waals surface area (Å²) in [5.41, 5.74) is 5.48. The SMILES string of the molecule is Cc1ccc(-c2ccnc(Nc3ccccc3)c2)cc1C(=O)NCc1cccnc1. The molecule has 0 radical (unpaired) electrons. The number of anilines is 2. The Hall–Kier alpha value is -3.99. The Morgan fingerprint density at radius 3 is 2.53 bits per heavy atom. The zero-order valence-corrected chi connectivity index (χ0v) is 16.7. The van der Waals surface area contributed by atoms with E-state index in [1.54, 1.807) is 18.6 Å². The first-order chi connectivity index (χ1) is 14.7. The van der Waals surface area contributed by atoms with Gasteiger partial charge in [-0.05, 0) is 65.6 Å². The zero-order valence-electron chi connectivity index (χ0n) is 16.7. The summed E-state index contributed by atoms with van der Waals surface area (Å²) < 4.78 is 0. The van der Waals surface area contributed by atoms with Crippen molar-refractivity contribution < 1.29 is 4.79 Å². The molecule has 4 aromatic rings. The summed E-state index contributed by atoms with van der Waals surface area (Å²) in [4.78, 5) is 21.3. The Labute approximate surface area is 175 Å². The van der Waals surface area contributed by atoms with Gasteiger partial charge in [0.25, 0.3) is 5.91 Å². The molecule has 0 fully saturated rings. The summed E-state index contributed by atoms with van der Waals surface area (Å²) in [5.74, 6) is 0.650. The smallest absolute Gasteiger partial charge is 0.251 e. The average molecular weight is 394 g/mol. The van der Waals surface area contributed by atoms with Gasteiger partial charge in [0.2, 0.25) is 0 Å². The molecule has 0 aliphatic carbocycles. The third kappa shape index (κ3) is 4.70. The number of pyridine rings is 2. The lowest BCUT2D eigenvalue weighted by atomic mass is 9.99. The molecule has 0 aliphatic heterocycles. The molecule has 2 N–H and O–H groups in total. The minimum absolute atomic E-state index is 0.102. The number of nitrogens with zero attached hydrogens (tertiary/aromatic N) is 2. The minimum Gasteiger partial charge on any atom is -0.348 e. The van der Waals surface area contributed by atoms with Gasteiger partial charge >= 0.3 is 0 Å². The maximum absolute atomic E-state index is 12.8. The van der Waals surface area contributed by atoms with Crippen LogP contribution in [0.5, 0.6) is 0 Å². The second-order valence-corrected chi connectivity index (χ2v) is 6.99. The van der Waals surface area contributed by atoms with Crippen molar-refractivity contribution in [2.45, 2.75) is 13.5 Å². The number of carbonyl (C=O) groups is 1.